The smallest absolute Gasteiger partial charge is 0.354 e. The van der Waals surface area contributed by atoms with E-state index in [-0.39, 0.29) is 5.69 Å². The van der Waals surface area contributed by atoms with Crippen molar-refractivity contribution in [2.75, 3.05) is 0 Å². The Labute approximate surface area is 86.0 Å². The molecule has 0 aromatic carbocycles. The average Bonchev–Trinajstić information content (AvgIpc) is 2.67. The van der Waals surface area contributed by atoms with E-state index >= 15 is 0 Å². The number of hydrogen-bond donors (Lipinski definition) is 1. The fourth-order valence-corrected chi connectivity index (χ4v) is 1.33. The molecular weight excluding hydrogens is 194 g/mol. The molecule has 0 radical (unpaired) electrons. The van der Waals surface area contributed by atoms with Crippen molar-refractivity contribution in [3.8, 4) is 5.82 Å². The van der Waals surface area contributed by atoms with Crippen LogP contribution in [0.3, 0.4) is 0 Å². The van der Waals surface area contributed by atoms with Crippen LogP contribution in [0.1, 0.15) is 16.1 Å². The Kier molecular flexibility index (Phi) is 2.21. The molecule has 0 fully saturated rings. The molecule has 0 unspecified atom stereocenters. The summed E-state index contributed by atoms with van der Waals surface area (Å²) in [5.74, 6) is -0.475. The zero-order valence-electron chi connectivity index (χ0n) is 8.08. The number of carboxylic acid groups (broad SMARTS) is 1. The molecule has 2 rings (SSSR count). The number of hydrogen-bond acceptors (Lipinski definition) is 3. The average molecular weight is 203 g/mol. The molecule has 2 aromatic heterocycles. The molecule has 1 N–H and O–H groups in total. The first-order chi connectivity index (χ1) is 7.20. The van der Waals surface area contributed by atoms with Gasteiger partial charge in [-0.05, 0) is 24.6 Å². The van der Waals surface area contributed by atoms with Crippen molar-refractivity contribution in [3.05, 3.63) is 41.9 Å². The minimum Gasteiger partial charge on any atom is -0.477 e. The van der Waals surface area contributed by atoms with Gasteiger partial charge in [-0.15, -0.1) is 0 Å². The molecule has 2 heterocycles. The second-order valence-corrected chi connectivity index (χ2v) is 3.08. The topological polar surface area (TPSA) is 68.0 Å². The summed E-state index contributed by atoms with van der Waals surface area (Å²) in [4.78, 5) is 15.0. The number of nitrogens with zero attached hydrogens (tertiary/aromatic N) is 3. The predicted octanol–water partition coefficient (Wildman–Crippen LogP) is 1.27. The number of rotatable bonds is 2. The van der Waals surface area contributed by atoms with E-state index in [0.717, 1.165) is 5.56 Å². The molecule has 0 aliphatic carbocycles. The van der Waals surface area contributed by atoms with Crippen LogP contribution in [0.2, 0.25) is 0 Å². The van der Waals surface area contributed by atoms with Crippen molar-refractivity contribution >= 4 is 5.97 Å². The molecule has 5 heteroatoms. The van der Waals surface area contributed by atoms with E-state index in [2.05, 4.69) is 10.1 Å². The van der Waals surface area contributed by atoms with Gasteiger partial charge < -0.3 is 5.11 Å². The minimum absolute atomic E-state index is 0.108. The fraction of sp³-hybridized carbons (Fsp3) is 0.100. The summed E-state index contributed by atoms with van der Waals surface area (Å²) in [6.45, 7) is 1.86. The summed E-state index contributed by atoms with van der Waals surface area (Å²) in [6.07, 6.45) is 3.05. The van der Waals surface area contributed by atoms with E-state index < -0.39 is 5.97 Å². The van der Waals surface area contributed by atoms with Crippen LogP contribution < -0.4 is 0 Å². The first-order valence-electron chi connectivity index (χ1n) is 4.39. The first-order valence-corrected chi connectivity index (χ1v) is 4.39. The molecule has 0 aliphatic rings. The van der Waals surface area contributed by atoms with Crippen LogP contribution >= 0.6 is 0 Å². The summed E-state index contributed by atoms with van der Waals surface area (Å²) in [6, 6.07) is 5.09. The summed E-state index contributed by atoms with van der Waals surface area (Å²) >= 11 is 0. The predicted molar refractivity (Wildman–Crippen MR) is 53.1 cm³/mol. The molecule has 0 saturated carbocycles. The van der Waals surface area contributed by atoms with E-state index in [1.807, 2.05) is 13.0 Å². The lowest BCUT2D eigenvalue weighted by molar-refractivity contribution is 0.0687. The summed E-state index contributed by atoms with van der Waals surface area (Å²) in [5, 5.41) is 12.9. The second-order valence-electron chi connectivity index (χ2n) is 3.08. The number of aromatic nitrogens is 3. The maximum absolute atomic E-state index is 10.9. The van der Waals surface area contributed by atoms with Crippen LogP contribution in [0.25, 0.3) is 5.82 Å². The molecule has 2 aromatic rings. The molecule has 0 amide bonds. The Bertz CT molecular complexity index is 505. The van der Waals surface area contributed by atoms with Gasteiger partial charge >= 0.3 is 5.97 Å². The van der Waals surface area contributed by atoms with Gasteiger partial charge in [-0.25, -0.2) is 14.5 Å². The minimum atomic E-state index is -1.02. The van der Waals surface area contributed by atoms with Gasteiger partial charge in [0, 0.05) is 6.20 Å². The highest BCUT2D eigenvalue weighted by molar-refractivity contribution is 5.86. The summed E-state index contributed by atoms with van der Waals surface area (Å²) < 4.78 is 1.32. The Balaban J connectivity index is 2.59. The molecule has 5 nitrogen and oxygen atoms in total. The fourth-order valence-electron chi connectivity index (χ4n) is 1.33. The zero-order chi connectivity index (χ0) is 10.8. The molecule has 15 heavy (non-hydrogen) atoms. The van der Waals surface area contributed by atoms with Gasteiger partial charge in [-0.1, -0.05) is 6.07 Å². The van der Waals surface area contributed by atoms with Gasteiger partial charge in [0.2, 0.25) is 0 Å². The normalized spacial score (nSPS) is 10.2. The van der Waals surface area contributed by atoms with Gasteiger partial charge in [0.15, 0.2) is 11.5 Å². The van der Waals surface area contributed by atoms with Crippen molar-refractivity contribution in [3.63, 3.8) is 0 Å². The lowest BCUT2D eigenvalue weighted by atomic mass is 10.3. The highest BCUT2D eigenvalue weighted by Gasteiger charge is 2.13. The van der Waals surface area contributed by atoms with E-state index in [0.29, 0.717) is 5.82 Å². The molecule has 0 atom stereocenters. The van der Waals surface area contributed by atoms with Gasteiger partial charge in [0.25, 0.3) is 0 Å². The summed E-state index contributed by atoms with van der Waals surface area (Å²) in [7, 11) is 0. The molecule has 76 valence electrons. The zero-order valence-corrected chi connectivity index (χ0v) is 8.08. The standard InChI is InChI=1S/C10H9N3O2/c1-7-3-2-5-11-9(7)13-8(10(14)15)4-6-12-13/h2-6H,1H3,(H,14,15). The molecule has 0 spiro atoms. The Morgan fingerprint density at radius 3 is 2.87 bits per heavy atom. The quantitative estimate of drug-likeness (QED) is 0.798. The maximum Gasteiger partial charge on any atom is 0.354 e. The van der Waals surface area contributed by atoms with Gasteiger partial charge in [0.05, 0.1) is 6.20 Å². The molecular formula is C10H9N3O2. The van der Waals surface area contributed by atoms with E-state index in [9.17, 15) is 4.79 Å². The second kappa shape index (κ2) is 3.53. The third kappa shape index (κ3) is 1.59. The van der Waals surface area contributed by atoms with Crippen LogP contribution in [-0.2, 0) is 0 Å². The van der Waals surface area contributed by atoms with Crippen molar-refractivity contribution in [1.82, 2.24) is 14.8 Å². The molecule has 0 saturated heterocycles. The van der Waals surface area contributed by atoms with E-state index in [1.165, 1.54) is 16.9 Å². The Morgan fingerprint density at radius 1 is 1.40 bits per heavy atom. The van der Waals surface area contributed by atoms with Crippen LogP contribution in [0.4, 0.5) is 0 Å². The van der Waals surface area contributed by atoms with Crippen molar-refractivity contribution < 1.29 is 9.90 Å². The molecule has 0 aliphatic heterocycles. The van der Waals surface area contributed by atoms with Gasteiger partial charge in [-0.3, -0.25) is 0 Å². The number of aryl methyl sites for hydroxylation is 1. The highest BCUT2D eigenvalue weighted by Crippen LogP contribution is 2.11. The Hall–Kier alpha value is -2.17. The number of carboxylic acids is 1. The summed E-state index contributed by atoms with van der Waals surface area (Å²) in [5.41, 5.74) is 0.987. The van der Waals surface area contributed by atoms with Crippen molar-refractivity contribution in [1.29, 1.82) is 0 Å². The van der Waals surface area contributed by atoms with Crippen molar-refractivity contribution in [2.45, 2.75) is 6.92 Å². The number of carbonyl (C=O) groups is 1. The van der Waals surface area contributed by atoms with Crippen LogP contribution in [0.5, 0.6) is 0 Å². The largest absolute Gasteiger partial charge is 0.477 e. The highest BCUT2D eigenvalue weighted by atomic mass is 16.4. The molecule has 0 bridgehead atoms. The number of pyridine rings is 1. The maximum atomic E-state index is 10.9. The number of aromatic carboxylic acids is 1. The van der Waals surface area contributed by atoms with Crippen LogP contribution in [-0.4, -0.2) is 25.8 Å². The van der Waals surface area contributed by atoms with Gasteiger partial charge in [0.1, 0.15) is 0 Å². The van der Waals surface area contributed by atoms with Crippen LogP contribution in [0.15, 0.2) is 30.6 Å². The first kappa shape index (κ1) is 9.39. The van der Waals surface area contributed by atoms with E-state index in [4.69, 9.17) is 5.11 Å². The lowest BCUT2D eigenvalue weighted by Crippen LogP contribution is -2.10. The third-order valence-electron chi connectivity index (χ3n) is 2.04. The monoisotopic (exact) mass is 203 g/mol. The van der Waals surface area contributed by atoms with Crippen LogP contribution in [0, 0.1) is 6.92 Å². The Morgan fingerprint density at radius 2 is 2.20 bits per heavy atom. The van der Waals surface area contributed by atoms with E-state index in [1.54, 1.807) is 12.3 Å². The SMILES string of the molecule is Cc1cccnc1-n1nccc1C(=O)O. The third-order valence-corrected chi connectivity index (χ3v) is 2.04. The van der Waals surface area contributed by atoms with Gasteiger partial charge in [-0.2, -0.15) is 5.10 Å². The van der Waals surface area contributed by atoms with Crippen molar-refractivity contribution in [2.24, 2.45) is 0 Å². The lowest BCUT2D eigenvalue weighted by Gasteiger charge is -2.05.